The van der Waals surface area contributed by atoms with Crippen molar-refractivity contribution in [1.82, 2.24) is 4.90 Å². The Morgan fingerprint density at radius 3 is 2.62 bits per heavy atom. The standard InChI is InChI=1S/C16H22BNO6/c1-21-17(22-2)13-3-4-14-12(9-13)10-23-15(24-14)11-5-7-18(8-6-11)16(19)20/h3-4,9,11,15H,5-8,10H2,1-2H3,(H,19,20). The van der Waals surface area contributed by atoms with Gasteiger partial charge in [-0.3, -0.25) is 0 Å². The highest BCUT2D eigenvalue weighted by Crippen LogP contribution is 2.32. The molecule has 0 aliphatic carbocycles. The molecule has 130 valence electrons. The summed E-state index contributed by atoms with van der Waals surface area (Å²) in [6.07, 6.45) is 0.321. The molecule has 2 aliphatic heterocycles. The normalized spacial score (nSPS) is 21.1. The number of rotatable bonds is 4. The van der Waals surface area contributed by atoms with Gasteiger partial charge >= 0.3 is 13.2 Å². The number of piperidine rings is 1. The maximum Gasteiger partial charge on any atom is 0.493 e. The van der Waals surface area contributed by atoms with Crippen LogP contribution in [0.15, 0.2) is 18.2 Å². The van der Waals surface area contributed by atoms with Crippen LogP contribution in [-0.2, 0) is 20.7 Å². The summed E-state index contributed by atoms with van der Waals surface area (Å²) >= 11 is 0. The molecule has 2 heterocycles. The maximum absolute atomic E-state index is 11.0. The molecule has 1 unspecified atom stereocenters. The predicted octanol–water partition coefficient (Wildman–Crippen LogP) is 1.30. The number of ether oxygens (including phenoxy) is 2. The molecule has 8 heteroatoms. The largest absolute Gasteiger partial charge is 0.493 e. The topological polar surface area (TPSA) is 77.5 Å². The third-order valence-electron chi connectivity index (χ3n) is 4.63. The molecule has 2 aliphatic rings. The van der Waals surface area contributed by atoms with Crippen molar-refractivity contribution in [2.75, 3.05) is 27.3 Å². The molecule has 1 saturated heterocycles. The first-order valence-electron chi connectivity index (χ1n) is 8.07. The Morgan fingerprint density at radius 2 is 2.00 bits per heavy atom. The Labute approximate surface area is 141 Å². The monoisotopic (exact) mass is 335 g/mol. The smallest absolute Gasteiger partial charge is 0.465 e. The highest BCUT2D eigenvalue weighted by Gasteiger charge is 2.33. The summed E-state index contributed by atoms with van der Waals surface area (Å²) in [5.41, 5.74) is 1.88. The molecule has 0 spiro atoms. The zero-order valence-corrected chi connectivity index (χ0v) is 13.9. The van der Waals surface area contributed by atoms with E-state index in [0.29, 0.717) is 19.7 Å². The lowest BCUT2D eigenvalue weighted by Crippen LogP contribution is -2.43. The van der Waals surface area contributed by atoms with Crippen molar-refractivity contribution < 1.29 is 28.7 Å². The average molecular weight is 335 g/mol. The van der Waals surface area contributed by atoms with Gasteiger partial charge in [0.05, 0.1) is 6.61 Å². The molecule has 0 radical (unpaired) electrons. The minimum Gasteiger partial charge on any atom is -0.465 e. The number of nitrogens with zero attached hydrogens (tertiary/aromatic N) is 1. The van der Waals surface area contributed by atoms with E-state index in [4.69, 9.17) is 23.9 Å². The van der Waals surface area contributed by atoms with E-state index < -0.39 is 13.2 Å². The Morgan fingerprint density at radius 1 is 1.29 bits per heavy atom. The van der Waals surface area contributed by atoms with E-state index in [-0.39, 0.29) is 12.2 Å². The third-order valence-corrected chi connectivity index (χ3v) is 4.63. The Kier molecular flexibility index (Phi) is 5.28. The van der Waals surface area contributed by atoms with E-state index in [1.165, 1.54) is 4.90 Å². The SMILES string of the molecule is COB(OC)c1ccc2c(c1)COC(C1CCN(C(=O)O)CC1)O2. The van der Waals surface area contributed by atoms with Gasteiger partial charge in [0, 0.05) is 38.8 Å². The second kappa shape index (κ2) is 7.42. The summed E-state index contributed by atoms with van der Waals surface area (Å²) in [7, 11) is 2.79. The summed E-state index contributed by atoms with van der Waals surface area (Å²) in [6, 6.07) is 5.81. The van der Waals surface area contributed by atoms with Crippen LogP contribution in [0.1, 0.15) is 18.4 Å². The zero-order valence-electron chi connectivity index (χ0n) is 13.9. The average Bonchev–Trinajstić information content (AvgIpc) is 2.62. The van der Waals surface area contributed by atoms with Gasteiger partial charge < -0.3 is 28.8 Å². The summed E-state index contributed by atoms with van der Waals surface area (Å²) in [4.78, 5) is 12.4. The molecule has 7 nitrogen and oxygen atoms in total. The molecule has 0 aromatic heterocycles. The third kappa shape index (κ3) is 3.50. The van der Waals surface area contributed by atoms with E-state index in [0.717, 1.165) is 29.6 Å². The van der Waals surface area contributed by atoms with E-state index in [9.17, 15) is 4.79 Å². The van der Waals surface area contributed by atoms with E-state index >= 15 is 0 Å². The number of benzene rings is 1. The number of hydrogen-bond acceptors (Lipinski definition) is 5. The number of fused-ring (bicyclic) bond motifs is 1. The molecule has 0 saturated carbocycles. The first-order chi connectivity index (χ1) is 11.6. The molecule has 3 rings (SSSR count). The number of amides is 1. The van der Waals surface area contributed by atoms with Gasteiger partial charge in [-0.15, -0.1) is 0 Å². The van der Waals surface area contributed by atoms with Crippen LogP contribution in [0.2, 0.25) is 0 Å². The second-order valence-corrected chi connectivity index (χ2v) is 6.07. The van der Waals surface area contributed by atoms with Crippen LogP contribution in [0.3, 0.4) is 0 Å². The van der Waals surface area contributed by atoms with Gasteiger partial charge in [-0.1, -0.05) is 12.1 Å². The highest BCUT2D eigenvalue weighted by molar-refractivity contribution is 6.61. The first-order valence-corrected chi connectivity index (χ1v) is 8.07. The lowest BCUT2D eigenvalue weighted by molar-refractivity contribution is -0.148. The van der Waals surface area contributed by atoms with Crippen LogP contribution in [0.5, 0.6) is 5.75 Å². The minimum atomic E-state index is -0.859. The molecule has 1 fully saturated rings. The lowest BCUT2D eigenvalue weighted by atomic mass is 9.78. The van der Waals surface area contributed by atoms with Crippen LogP contribution in [0, 0.1) is 5.92 Å². The predicted molar refractivity (Wildman–Crippen MR) is 87.4 cm³/mol. The summed E-state index contributed by atoms with van der Waals surface area (Å²) in [6.45, 7) is 1.52. The van der Waals surface area contributed by atoms with Crippen molar-refractivity contribution in [3.63, 3.8) is 0 Å². The van der Waals surface area contributed by atoms with Gasteiger partial charge in [-0.2, -0.15) is 0 Å². The fourth-order valence-corrected chi connectivity index (χ4v) is 3.27. The molecule has 1 aromatic rings. The maximum atomic E-state index is 11.0. The van der Waals surface area contributed by atoms with Crippen molar-refractivity contribution >= 4 is 18.7 Å². The highest BCUT2D eigenvalue weighted by atomic mass is 16.7. The lowest BCUT2D eigenvalue weighted by Gasteiger charge is -2.36. The van der Waals surface area contributed by atoms with E-state index in [2.05, 4.69) is 0 Å². The van der Waals surface area contributed by atoms with Crippen LogP contribution in [-0.4, -0.2) is 56.8 Å². The summed E-state index contributed by atoms with van der Waals surface area (Å²) in [5.74, 6) is 1.01. The number of carboxylic acid groups (broad SMARTS) is 1. The number of likely N-dealkylation sites (tertiary alicyclic amines) is 1. The van der Waals surface area contributed by atoms with Gasteiger partial charge in [0.1, 0.15) is 5.75 Å². The van der Waals surface area contributed by atoms with Crippen molar-refractivity contribution in [3.8, 4) is 5.75 Å². The molecule has 1 aromatic carbocycles. The Bertz CT molecular complexity index is 586. The zero-order chi connectivity index (χ0) is 17.1. The van der Waals surface area contributed by atoms with Crippen molar-refractivity contribution in [1.29, 1.82) is 0 Å². The van der Waals surface area contributed by atoms with Gasteiger partial charge in [0.2, 0.25) is 6.29 Å². The number of hydrogen-bond donors (Lipinski definition) is 1. The fraction of sp³-hybridized carbons (Fsp3) is 0.562. The number of carbonyl (C=O) groups is 1. The van der Waals surface area contributed by atoms with E-state index in [1.807, 2.05) is 18.2 Å². The minimum absolute atomic E-state index is 0.208. The summed E-state index contributed by atoms with van der Waals surface area (Å²) in [5, 5.41) is 9.02. The van der Waals surface area contributed by atoms with Gasteiger partial charge in [0.25, 0.3) is 0 Å². The van der Waals surface area contributed by atoms with Crippen molar-refractivity contribution in [2.45, 2.75) is 25.7 Å². The Hall–Kier alpha value is -1.77. The molecule has 0 bridgehead atoms. The van der Waals surface area contributed by atoms with Crippen LogP contribution >= 0.6 is 0 Å². The van der Waals surface area contributed by atoms with Crippen molar-refractivity contribution in [3.05, 3.63) is 23.8 Å². The van der Waals surface area contributed by atoms with Gasteiger partial charge in [0.15, 0.2) is 0 Å². The fourth-order valence-electron chi connectivity index (χ4n) is 3.27. The van der Waals surface area contributed by atoms with Crippen LogP contribution in [0.4, 0.5) is 4.79 Å². The molecular weight excluding hydrogens is 313 g/mol. The van der Waals surface area contributed by atoms with Gasteiger partial charge in [-0.25, -0.2) is 4.79 Å². The molecule has 24 heavy (non-hydrogen) atoms. The summed E-state index contributed by atoms with van der Waals surface area (Å²) < 4.78 is 22.4. The Balaban J connectivity index is 1.64. The van der Waals surface area contributed by atoms with Crippen LogP contribution in [0.25, 0.3) is 0 Å². The molecule has 1 amide bonds. The first kappa shape index (κ1) is 17.1. The van der Waals surface area contributed by atoms with E-state index in [1.54, 1.807) is 14.2 Å². The molecule has 1 atom stereocenters. The van der Waals surface area contributed by atoms with Crippen molar-refractivity contribution in [2.24, 2.45) is 5.92 Å². The quantitative estimate of drug-likeness (QED) is 0.836. The molecule has 1 N–H and O–H groups in total. The second-order valence-electron chi connectivity index (χ2n) is 6.07. The van der Waals surface area contributed by atoms with Crippen LogP contribution < -0.4 is 10.2 Å². The van der Waals surface area contributed by atoms with Gasteiger partial charge in [-0.05, 0) is 24.4 Å². The molecular formula is C16H22BNO6.